The number of pyridine rings is 1. The Morgan fingerprint density at radius 2 is 0.609 bits per heavy atom. The Labute approximate surface area is 820 Å². The number of unbranched alkanes of at least 4 members (excludes halogenated alkanes) is 3. The van der Waals surface area contributed by atoms with Crippen molar-refractivity contribution in [2.45, 2.75) is 84.5 Å². The molecule has 0 fully saturated rings. The molecule has 0 saturated heterocycles. The molecule has 2 heterocycles. The zero-order valence-electron chi connectivity index (χ0n) is 79.5. The summed E-state index contributed by atoms with van der Waals surface area (Å²) in [5.74, 6) is 1.49. The van der Waals surface area contributed by atoms with Gasteiger partial charge in [0.05, 0.1) is 108 Å². The molecule has 138 heavy (non-hydrogen) atoms. The molecule has 0 aliphatic heterocycles. The monoisotopic (exact) mass is 1860 g/mol. The van der Waals surface area contributed by atoms with Gasteiger partial charge in [0.2, 0.25) is 5.95 Å². The van der Waals surface area contributed by atoms with Crippen LogP contribution in [0.2, 0.25) is 0 Å². The fourth-order valence-corrected chi connectivity index (χ4v) is 12.3. The first-order valence-electron chi connectivity index (χ1n) is 45.4. The summed E-state index contributed by atoms with van der Waals surface area (Å²) >= 11 is 4.07. The minimum Gasteiger partial charge on any atom is -0.506 e. The van der Waals surface area contributed by atoms with Gasteiger partial charge in [-0.2, -0.15) is 0 Å². The summed E-state index contributed by atoms with van der Waals surface area (Å²) in [6.45, 7) is 11.7. The number of nitrogen functional groups attached to an aromatic ring is 12. The number of thiol groups is 1. The molecule has 25 heteroatoms. The number of rotatable bonds is 22. The first kappa shape index (κ1) is 108. The van der Waals surface area contributed by atoms with E-state index in [0.717, 1.165) is 150 Å². The van der Waals surface area contributed by atoms with E-state index >= 15 is 0 Å². The quantitative estimate of drug-likeness (QED) is 0.0130. The molecule has 17 aromatic rings. The van der Waals surface area contributed by atoms with E-state index in [0.29, 0.717) is 28.7 Å². The summed E-state index contributed by atoms with van der Waals surface area (Å²) < 4.78 is 0. The molecule has 17 rings (SSSR count). The predicted octanol–water partition coefficient (Wildman–Crippen LogP) is 26.2. The van der Waals surface area contributed by atoms with Crippen LogP contribution in [0.4, 0.5) is 148 Å². The summed E-state index contributed by atoms with van der Waals surface area (Å²) in [6.07, 6.45) is 13.4. The molecular weight excluding hydrogens is 1730 g/mol. The Balaban J connectivity index is 0.000000208. The van der Waals surface area contributed by atoms with Gasteiger partial charge in [0.25, 0.3) is 0 Å². The van der Waals surface area contributed by atoms with Crippen molar-refractivity contribution in [2.24, 2.45) is 0 Å². The number of nitrogens with zero attached hydrogens (tertiary/aromatic N) is 3. The van der Waals surface area contributed by atoms with Gasteiger partial charge in [-0.15, -0.1) is 12.6 Å². The molecule has 2 aromatic heterocycles. The van der Waals surface area contributed by atoms with Crippen LogP contribution in [-0.4, -0.2) is 33.7 Å². The Hall–Kier alpha value is -17.3. The third-order valence-electron chi connectivity index (χ3n) is 20.1. The van der Waals surface area contributed by atoms with Crippen LogP contribution < -0.4 is 111 Å². The lowest BCUT2D eigenvalue weighted by molar-refractivity contribution is 0.478. The van der Waals surface area contributed by atoms with Gasteiger partial charge in [0.1, 0.15) is 11.6 Å². The van der Waals surface area contributed by atoms with Crippen molar-refractivity contribution in [1.29, 1.82) is 0 Å². The SMILES string of the molecule is CCCCCCNc1ccccc1N.CCc1ccc(N)c(Nc2ccccc2)c1.CCc1ccc(Nc2ccc(C)cc2N)cc1.CCc1ccc(Nc2ccccc2N)cc1.CNc1ccccc1N.Nc1ccccc1N.Nc1ccccc1Nc1ccccc1.Nc1ccccc1Nc1ccccn1.Nc1ccccc1Nc1ncccn1.Nc1ccccc1O.Nc1ccccc1S. The number of hydrogen-bond acceptors (Lipinski definition) is 25. The van der Waals surface area contributed by atoms with Crippen molar-refractivity contribution in [1.82, 2.24) is 15.0 Å². The largest absolute Gasteiger partial charge is 0.506 e. The summed E-state index contributed by atoms with van der Waals surface area (Å²) in [5.41, 5.74) is 93.5. The number of nitrogens with two attached hydrogens (primary N) is 12. The lowest BCUT2D eigenvalue weighted by Gasteiger charge is -2.10. The number of aromatic nitrogens is 3. The lowest BCUT2D eigenvalue weighted by atomic mass is 10.1. The first-order chi connectivity index (χ1) is 66.9. The third-order valence-corrected chi connectivity index (χ3v) is 20.5. The highest BCUT2D eigenvalue weighted by Gasteiger charge is 2.07. The fraction of sp³-hybridized carbons (Fsp3) is 0.124. The number of anilines is 26. The fourth-order valence-electron chi connectivity index (χ4n) is 12.2. The topological polar surface area (TPSA) is 467 Å². The second kappa shape index (κ2) is 62.2. The smallest absolute Gasteiger partial charge is 0.227 e. The van der Waals surface area contributed by atoms with Crippen LogP contribution in [-0.2, 0) is 19.3 Å². The van der Waals surface area contributed by atoms with Crippen molar-refractivity contribution < 1.29 is 5.11 Å². The van der Waals surface area contributed by atoms with Crippen molar-refractivity contribution in [3.05, 3.63) is 429 Å². The van der Waals surface area contributed by atoms with Crippen LogP contribution in [0.15, 0.2) is 412 Å². The molecule has 0 atom stereocenters. The molecule has 0 bridgehead atoms. The van der Waals surface area contributed by atoms with Crippen molar-refractivity contribution in [3.8, 4) is 5.75 Å². The van der Waals surface area contributed by atoms with E-state index in [2.05, 4.69) is 165 Å². The third kappa shape index (κ3) is 41.6. The average molecular weight is 1860 g/mol. The highest BCUT2D eigenvalue weighted by atomic mass is 32.1. The van der Waals surface area contributed by atoms with E-state index in [4.69, 9.17) is 73.9 Å². The molecule has 0 saturated carbocycles. The average Bonchev–Trinajstić information content (AvgIpc) is 0.855. The van der Waals surface area contributed by atoms with Gasteiger partial charge < -0.3 is 116 Å². The number of aryl methyl sites for hydroxylation is 4. The number of nitrogens with one attached hydrogen (secondary N) is 8. The van der Waals surface area contributed by atoms with E-state index in [1.807, 2.05) is 293 Å². The van der Waals surface area contributed by atoms with Gasteiger partial charge in [0.15, 0.2) is 0 Å². The molecule has 0 unspecified atom stereocenters. The first-order valence-corrected chi connectivity index (χ1v) is 45.9. The summed E-state index contributed by atoms with van der Waals surface area (Å²) in [7, 11) is 1.85. The number of para-hydroxylation sites is 19. The summed E-state index contributed by atoms with van der Waals surface area (Å²) in [4.78, 5) is 13.1. The molecule has 15 aromatic carbocycles. The molecule has 0 spiro atoms. The number of benzene rings is 15. The Kier molecular flexibility index (Phi) is 48.5. The van der Waals surface area contributed by atoms with Gasteiger partial charge >= 0.3 is 0 Å². The van der Waals surface area contributed by atoms with Crippen LogP contribution in [0.25, 0.3) is 0 Å². The van der Waals surface area contributed by atoms with Gasteiger partial charge in [-0.1, -0.05) is 235 Å². The molecular formula is C113H135N23OS. The van der Waals surface area contributed by atoms with E-state index in [9.17, 15) is 0 Å². The van der Waals surface area contributed by atoms with Crippen LogP contribution in [0.5, 0.6) is 5.75 Å². The Morgan fingerprint density at radius 3 is 0.978 bits per heavy atom. The number of aromatic hydroxyl groups is 1. The summed E-state index contributed by atoms with van der Waals surface area (Å²) in [5, 5.41) is 34.5. The van der Waals surface area contributed by atoms with Crippen molar-refractivity contribution >= 4 is 161 Å². The van der Waals surface area contributed by atoms with E-state index in [1.54, 1.807) is 61.1 Å². The van der Waals surface area contributed by atoms with Crippen molar-refractivity contribution in [2.75, 3.05) is 125 Å². The van der Waals surface area contributed by atoms with E-state index < -0.39 is 0 Å². The van der Waals surface area contributed by atoms with E-state index in [1.165, 1.54) is 47.9 Å². The van der Waals surface area contributed by atoms with Crippen LogP contribution in [0.1, 0.15) is 75.6 Å². The van der Waals surface area contributed by atoms with Gasteiger partial charge in [-0.3, -0.25) is 0 Å². The molecule has 0 amide bonds. The van der Waals surface area contributed by atoms with E-state index in [-0.39, 0.29) is 5.75 Å². The predicted molar refractivity (Wildman–Crippen MR) is 600 cm³/mol. The summed E-state index contributed by atoms with van der Waals surface area (Å²) in [6, 6.07) is 124. The van der Waals surface area contributed by atoms with Gasteiger partial charge in [0, 0.05) is 65.5 Å². The second-order valence-corrected chi connectivity index (χ2v) is 31.2. The molecule has 0 aliphatic carbocycles. The lowest BCUT2D eigenvalue weighted by Crippen LogP contribution is -2.03. The highest BCUT2D eigenvalue weighted by Crippen LogP contribution is 2.30. The minimum absolute atomic E-state index is 0.146. The maximum absolute atomic E-state index is 8.79. The standard InChI is InChI=1S/C15H18N2.2C14H16N2.C12H12N2.C12H20N2.C11H11N3.C10H10N4.C7H10N2.C6H8N2.C6H7NO.C6H7NS/c1-3-12-5-7-13(8-6-12)17-15-9-4-11(2)10-14(15)16;1-2-11-7-9-12(10-8-11)16-14-6-4-3-5-13(14)15;1-2-11-8-9-13(15)14(10-11)16-12-6-4-3-5-7-12;13-11-8-4-5-9-12(11)14-10-6-2-1-3-7-10;1-2-3-4-7-10-14-12-9-6-5-8-11(12)13;12-9-5-1-2-6-10(9)14-11-7-3-4-8-13-11;11-8-4-1-2-5-9(8)14-10-12-6-3-7-13-10;1-9-7-5-3-2-4-6(7)8;3*7-5-3-1-2-4-6(5)8/h4-10,17H,3,16H2,1-2H3;2*3-10,16H,2,15H2,1H3;1-9,14H,13H2;5-6,8-9,14H,2-4,7,10,13H2,1H3;1-8H,12H2,(H,13,14);1-7H,11H2,(H,12,13,14);2-5,9H,8H2,1H3;1-4H,7-8H2;2*1-4,8H,7H2. The van der Waals surface area contributed by atoms with Crippen molar-refractivity contribution in [3.63, 3.8) is 0 Å². The number of hydrogen-bond donors (Lipinski definition) is 22. The molecule has 0 radical (unpaired) electrons. The van der Waals surface area contributed by atoms with Gasteiger partial charge in [-0.05, 0) is 255 Å². The molecule has 24 nitrogen and oxygen atoms in total. The zero-order chi connectivity index (χ0) is 99.3. The molecule has 33 N–H and O–H groups in total. The highest BCUT2D eigenvalue weighted by molar-refractivity contribution is 7.80. The van der Waals surface area contributed by atoms with Gasteiger partial charge in [-0.25, -0.2) is 15.0 Å². The second-order valence-electron chi connectivity index (χ2n) is 30.7. The maximum Gasteiger partial charge on any atom is 0.227 e. The van der Waals surface area contributed by atoms with Crippen LogP contribution in [0.3, 0.4) is 0 Å². The molecule has 0 aliphatic rings. The maximum atomic E-state index is 8.79. The normalized spacial score (nSPS) is 9.73. The number of phenolic OH excluding ortho intramolecular Hbond substituents is 1. The Morgan fingerprint density at radius 1 is 0.261 bits per heavy atom. The van der Waals surface area contributed by atoms with Crippen LogP contribution in [0, 0.1) is 6.92 Å². The minimum atomic E-state index is 0.146. The zero-order valence-corrected chi connectivity index (χ0v) is 80.4. The Bertz CT molecular complexity index is 5890. The number of phenols is 1. The molecule has 714 valence electrons. The van der Waals surface area contributed by atoms with Crippen LogP contribution >= 0.6 is 12.6 Å².